The molecule has 0 aliphatic carbocycles. The first-order chi connectivity index (χ1) is 8.61. The summed E-state index contributed by atoms with van der Waals surface area (Å²) in [5, 5.41) is 7.06. The maximum absolute atomic E-state index is 4.87. The maximum atomic E-state index is 4.87. The van der Waals surface area contributed by atoms with Crippen LogP contribution in [-0.2, 0) is 0 Å². The molecule has 2 aliphatic rings. The highest BCUT2D eigenvalue weighted by Crippen LogP contribution is 2.21. The summed E-state index contributed by atoms with van der Waals surface area (Å²) in [5.74, 6) is 1.12. The smallest absolute Gasteiger partial charge is 0.113 e. The molecule has 0 aromatic carbocycles. The van der Waals surface area contributed by atoms with Gasteiger partial charge < -0.3 is 5.32 Å². The van der Waals surface area contributed by atoms with Crippen LogP contribution in [0.1, 0.15) is 33.6 Å². The van der Waals surface area contributed by atoms with E-state index in [1.54, 1.807) is 0 Å². The third-order valence-corrected chi connectivity index (χ3v) is 4.23. The average Bonchev–Trinajstić information content (AvgIpc) is 2.80. The Hall–Kier alpha value is -0.450. The summed E-state index contributed by atoms with van der Waals surface area (Å²) >= 11 is 0. The third kappa shape index (κ3) is 3.11. The molecule has 4 heteroatoms. The molecule has 1 saturated heterocycles. The van der Waals surface area contributed by atoms with E-state index in [2.05, 4.69) is 36.3 Å². The molecule has 0 bridgehead atoms. The van der Waals surface area contributed by atoms with Crippen LogP contribution in [0.4, 0.5) is 0 Å². The monoisotopic (exact) mass is 252 g/mol. The van der Waals surface area contributed by atoms with Crippen LogP contribution in [0.25, 0.3) is 0 Å². The van der Waals surface area contributed by atoms with Gasteiger partial charge in [0.15, 0.2) is 0 Å². The van der Waals surface area contributed by atoms with Gasteiger partial charge in [-0.2, -0.15) is 0 Å². The Labute approximate surface area is 111 Å². The van der Waals surface area contributed by atoms with Gasteiger partial charge in [0.1, 0.15) is 6.17 Å². The van der Waals surface area contributed by atoms with Gasteiger partial charge in [-0.3, -0.25) is 15.2 Å². The van der Waals surface area contributed by atoms with Crippen molar-refractivity contribution in [2.24, 2.45) is 16.8 Å². The van der Waals surface area contributed by atoms with E-state index in [4.69, 9.17) is 4.99 Å². The van der Waals surface area contributed by atoms with Gasteiger partial charge in [-0.1, -0.05) is 13.8 Å². The van der Waals surface area contributed by atoms with Crippen LogP contribution in [-0.4, -0.2) is 49.6 Å². The number of nitrogens with zero attached hydrogens (tertiary/aromatic N) is 2. The molecule has 2 rings (SSSR count). The highest BCUT2D eigenvalue weighted by atomic mass is 15.3. The van der Waals surface area contributed by atoms with E-state index < -0.39 is 0 Å². The van der Waals surface area contributed by atoms with Crippen molar-refractivity contribution < 1.29 is 0 Å². The summed E-state index contributed by atoms with van der Waals surface area (Å²) in [5.41, 5.74) is 1.30. The molecule has 0 saturated carbocycles. The van der Waals surface area contributed by atoms with Crippen molar-refractivity contribution in [2.75, 3.05) is 26.7 Å². The van der Waals surface area contributed by atoms with Crippen LogP contribution in [0.15, 0.2) is 4.99 Å². The molecule has 0 aromatic heterocycles. The Morgan fingerprint density at radius 3 is 2.61 bits per heavy atom. The van der Waals surface area contributed by atoms with Crippen LogP contribution in [0, 0.1) is 11.8 Å². The summed E-state index contributed by atoms with van der Waals surface area (Å²) in [6.45, 7) is 10.3. The van der Waals surface area contributed by atoms with Crippen LogP contribution < -0.4 is 10.6 Å². The largest absolute Gasteiger partial charge is 0.304 e. The molecule has 0 amide bonds. The standard InChI is InChI=1S/C14H28N4/c1-10(2)13-11(3)16-12(17-14(13)15-4)9-18-7-5-6-8-18/h10,12-15,17H,5-9H2,1-4H3. The van der Waals surface area contributed by atoms with Crippen LogP contribution >= 0.6 is 0 Å². The van der Waals surface area contributed by atoms with Crippen molar-refractivity contribution in [1.82, 2.24) is 15.5 Å². The number of hydrogen-bond acceptors (Lipinski definition) is 4. The van der Waals surface area contributed by atoms with Gasteiger partial charge in [-0.15, -0.1) is 0 Å². The topological polar surface area (TPSA) is 39.7 Å². The third-order valence-electron chi connectivity index (χ3n) is 4.23. The lowest BCUT2D eigenvalue weighted by Gasteiger charge is -2.38. The lowest BCUT2D eigenvalue weighted by atomic mass is 9.87. The van der Waals surface area contributed by atoms with Gasteiger partial charge >= 0.3 is 0 Å². The predicted octanol–water partition coefficient (Wildman–Crippen LogP) is 1.29. The quantitative estimate of drug-likeness (QED) is 0.792. The second-order valence-electron chi connectivity index (χ2n) is 6.00. The molecule has 2 N–H and O–H groups in total. The Morgan fingerprint density at radius 1 is 1.39 bits per heavy atom. The maximum Gasteiger partial charge on any atom is 0.113 e. The Morgan fingerprint density at radius 2 is 2.06 bits per heavy atom. The van der Waals surface area contributed by atoms with Crippen molar-refractivity contribution in [3.63, 3.8) is 0 Å². The molecule has 4 nitrogen and oxygen atoms in total. The predicted molar refractivity (Wildman–Crippen MR) is 76.9 cm³/mol. The fourth-order valence-electron chi connectivity index (χ4n) is 3.35. The normalized spacial score (nSPS) is 34.1. The molecule has 1 fully saturated rings. The van der Waals surface area contributed by atoms with Crippen molar-refractivity contribution in [2.45, 2.75) is 45.9 Å². The molecule has 2 heterocycles. The zero-order chi connectivity index (χ0) is 13.1. The molecule has 2 aliphatic heterocycles. The van der Waals surface area contributed by atoms with Crippen molar-refractivity contribution in [1.29, 1.82) is 0 Å². The van der Waals surface area contributed by atoms with Gasteiger partial charge in [-0.25, -0.2) is 0 Å². The highest BCUT2D eigenvalue weighted by molar-refractivity contribution is 5.86. The summed E-state index contributed by atoms with van der Waals surface area (Å²) < 4.78 is 0. The number of hydrogen-bond donors (Lipinski definition) is 2. The van der Waals surface area contributed by atoms with Gasteiger partial charge in [0.25, 0.3) is 0 Å². The fourth-order valence-corrected chi connectivity index (χ4v) is 3.35. The number of nitrogens with one attached hydrogen (secondary N) is 2. The van der Waals surface area contributed by atoms with Gasteiger partial charge in [0.2, 0.25) is 0 Å². The zero-order valence-corrected chi connectivity index (χ0v) is 12.2. The summed E-state index contributed by atoms with van der Waals surface area (Å²) in [6.07, 6.45) is 3.31. The average molecular weight is 252 g/mol. The molecular weight excluding hydrogens is 224 g/mol. The van der Waals surface area contributed by atoms with E-state index in [0.717, 1.165) is 6.54 Å². The zero-order valence-electron chi connectivity index (χ0n) is 12.2. The molecule has 18 heavy (non-hydrogen) atoms. The molecule has 3 unspecified atom stereocenters. The molecule has 0 aromatic rings. The minimum absolute atomic E-state index is 0.260. The number of rotatable bonds is 4. The SMILES string of the molecule is CNC1NC(CN2CCCC2)N=C(C)C1C(C)C. The van der Waals surface area contributed by atoms with Crippen molar-refractivity contribution in [3.8, 4) is 0 Å². The van der Waals surface area contributed by atoms with E-state index in [1.807, 2.05) is 7.05 Å². The van der Waals surface area contributed by atoms with E-state index >= 15 is 0 Å². The van der Waals surface area contributed by atoms with Gasteiger partial charge in [-0.05, 0) is 45.8 Å². The second-order valence-corrected chi connectivity index (χ2v) is 6.00. The number of aliphatic imine (C=N–C) groups is 1. The first kappa shape index (κ1) is 14.0. The van der Waals surface area contributed by atoms with Gasteiger partial charge in [0.05, 0.1) is 6.17 Å². The van der Waals surface area contributed by atoms with E-state index in [-0.39, 0.29) is 6.17 Å². The second kappa shape index (κ2) is 6.13. The Kier molecular flexibility index (Phi) is 4.76. The first-order valence-corrected chi connectivity index (χ1v) is 7.31. The molecule has 0 spiro atoms. The van der Waals surface area contributed by atoms with Crippen LogP contribution in [0.5, 0.6) is 0 Å². The minimum atomic E-state index is 0.260. The Balaban J connectivity index is 2.01. The molecular formula is C14H28N4. The van der Waals surface area contributed by atoms with Gasteiger partial charge in [0, 0.05) is 18.2 Å². The molecule has 104 valence electrons. The number of likely N-dealkylation sites (tertiary alicyclic amines) is 1. The summed E-state index contributed by atoms with van der Waals surface area (Å²) in [7, 11) is 2.04. The van der Waals surface area contributed by atoms with E-state index in [0.29, 0.717) is 18.0 Å². The van der Waals surface area contributed by atoms with Crippen LogP contribution in [0.3, 0.4) is 0 Å². The molecule has 0 radical (unpaired) electrons. The lowest BCUT2D eigenvalue weighted by Crippen LogP contribution is -2.58. The Bertz CT molecular complexity index is 294. The lowest BCUT2D eigenvalue weighted by molar-refractivity contribution is 0.225. The van der Waals surface area contributed by atoms with E-state index in [1.165, 1.54) is 31.6 Å². The first-order valence-electron chi connectivity index (χ1n) is 7.31. The minimum Gasteiger partial charge on any atom is -0.304 e. The summed E-state index contributed by atoms with van der Waals surface area (Å²) in [6, 6.07) is 0. The van der Waals surface area contributed by atoms with Crippen molar-refractivity contribution in [3.05, 3.63) is 0 Å². The van der Waals surface area contributed by atoms with E-state index in [9.17, 15) is 0 Å². The fraction of sp³-hybridized carbons (Fsp3) is 0.929. The van der Waals surface area contributed by atoms with Crippen molar-refractivity contribution >= 4 is 5.71 Å². The van der Waals surface area contributed by atoms with Crippen LogP contribution in [0.2, 0.25) is 0 Å². The summed E-state index contributed by atoms with van der Waals surface area (Å²) in [4.78, 5) is 7.40. The highest BCUT2D eigenvalue weighted by Gasteiger charge is 2.32. The molecule has 3 atom stereocenters.